The highest BCUT2D eigenvalue weighted by Gasteiger charge is 2.13. The van der Waals surface area contributed by atoms with Gasteiger partial charge in [-0.15, -0.1) is 0 Å². The average molecular weight is 375 g/mol. The van der Waals surface area contributed by atoms with E-state index in [1.54, 1.807) is 18.2 Å². The van der Waals surface area contributed by atoms with Gasteiger partial charge in [0.1, 0.15) is 5.75 Å². The number of anilines is 1. The molecule has 0 aromatic heterocycles. The van der Waals surface area contributed by atoms with Crippen LogP contribution in [0.5, 0.6) is 5.75 Å². The van der Waals surface area contributed by atoms with Crippen molar-refractivity contribution < 1.29 is 14.3 Å². The van der Waals surface area contributed by atoms with E-state index in [4.69, 9.17) is 4.74 Å². The molecule has 0 aliphatic heterocycles. The topological polar surface area (TPSA) is 79.8 Å². The zero-order chi connectivity index (χ0) is 19.9. The highest BCUT2D eigenvalue weighted by atomic mass is 16.5. The van der Waals surface area contributed by atoms with E-state index in [1.165, 1.54) is 6.21 Å². The highest BCUT2D eigenvalue weighted by molar-refractivity contribution is 6.39. The molecule has 0 fully saturated rings. The molecule has 0 saturated carbocycles. The molecule has 3 aromatic carbocycles. The Labute approximate surface area is 163 Å². The summed E-state index contributed by atoms with van der Waals surface area (Å²) in [5, 5.41) is 8.46. The van der Waals surface area contributed by atoms with Crippen molar-refractivity contribution in [3.8, 4) is 5.75 Å². The molecule has 28 heavy (non-hydrogen) atoms. The number of fused-ring (bicyclic) bond motifs is 1. The first-order chi connectivity index (χ1) is 13.6. The quantitative estimate of drug-likeness (QED) is 0.406. The van der Waals surface area contributed by atoms with E-state index in [0.29, 0.717) is 18.0 Å². The summed E-state index contributed by atoms with van der Waals surface area (Å²) in [5.74, 6) is -0.981. The molecule has 142 valence electrons. The summed E-state index contributed by atoms with van der Waals surface area (Å²) in [7, 11) is 0. The molecule has 6 nitrogen and oxygen atoms in total. The maximum atomic E-state index is 12.0. The number of hydrogen-bond donors (Lipinski definition) is 2. The van der Waals surface area contributed by atoms with Gasteiger partial charge in [0, 0.05) is 11.3 Å². The number of hydrogen-bond acceptors (Lipinski definition) is 4. The first kappa shape index (κ1) is 19.1. The Kier molecular flexibility index (Phi) is 6.01. The van der Waals surface area contributed by atoms with Gasteiger partial charge in [0.2, 0.25) is 0 Å². The van der Waals surface area contributed by atoms with Crippen molar-refractivity contribution in [3.63, 3.8) is 0 Å². The van der Waals surface area contributed by atoms with E-state index in [0.717, 1.165) is 21.9 Å². The normalized spacial score (nSPS) is 10.8. The number of carbonyl (C=O) groups is 2. The molecule has 0 radical (unpaired) electrons. The second-order valence-electron chi connectivity index (χ2n) is 6.15. The fraction of sp³-hybridized carbons (Fsp3) is 0.136. The van der Waals surface area contributed by atoms with Gasteiger partial charge < -0.3 is 10.1 Å². The second kappa shape index (κ2) is 8.81. The number of nitrogens with one attached hydrogen (secondary N) is 2. The molecule has 3 aromatic rings. The minimum Gasteiger partial charge on any atom is -0.493 e. The van der Waals surface area contributed by atoms with Crippen LogP contribution < -0.4 is 15.5 Å². The van der Waals surface area contributed by atoms with E-state index < -0.39 is 11.8 Å². The molecule has 0 saturated heterocycles. The first-order valence-electron chi connectivity index (χ1n) is 8.94. The Balaban J connectivity index is 1.74. The number of carbonyl (C=O) groups excluding carboxylic acids is 2. The number of rotatable bonds is 5. The molecule has 0 aliphatic rings. The number of benzene rings is 3. The zero-order valence-corrected chi connectivity index (χ0v) is 15.7. The Hall–Kier alpha value is -3.67. The van der Waals surface area contributed by atoms with Crippen LogP contribution in [0.25, 0.3) is 10.8 Å². The number of ether oxygens (including phenoxy) is 1. The van der Waals surface area contributed by atoms with Crippen molar-refractivity contribution in [2.45, 2.75) is 13.8 Å². The van der Waals surface area contributed by atoms with E-state index in [1.807, 2.05) is 56.3 Å². The third-order valence-corrected chi connectivity index (χ3v) is 4.07. The van der Waals surface area contributed by atoms with E-state index in [2.05, 4.69) is 15.8 Å². The lowest BCUT2D eigenvalue weighted by molar-refractivity contribution is -0.136. The van der Waals surface area contributed by atoms with Gasteiger partial charge >= 0.3 is 11.8 Å². The second-order valence-corrected chi connectivity index (χ2v) is 6.15. The fourth-order valence-electron chi connectivity index (χ4n) is 2.81. The monoisotopic (exact) mass is 375 g/mol. The molecular formula is C22H21N3O3. The van der Waals surface area contributed by atoms with Crippen LogP contribution in [0.15, 0.2) is 65.8 Å². The number of aryl methyl sites for hydroxylation is 1. The Morgan fingerprint density at radius 1 is 1.04 bits per heavy atom. The molecule has 0 bridgehead atoms. The molecule has 2 amide bonds. The minimum absolute atomic E-state index is 0.504. The van der Waals surface area contributed by atoms with Crippen molar-refractivity contribution in [2.75, 3.05) is 11.9 Å². The summed E-state index contributed by atoms with van der Waals surface area (Å²) in [4.78, 5) is 24.1. The van der Waals surface area contributed by atoms with Crippen LogP contribution in [0.4, 0.5) is 5.69 Å². The average Bonchev–Trinajstić information content (AvgIpc) is 2.69. The first-order valence-corrected chi connectivity index (χ1v) is 8.94. The van der Waals surface area contributed by atoms with E-state index >= 15 is 0 Å². The SMILES string of the molecule is CCOc1ccc2ccccc2c1/C=N\NC(=O)C(=O)Nc1cccc(C)c1. The van der Waals surface area contributed by atoms with Gasteiger partial charge in [0.15, 0.2) is 0 Å². The molecule has 6 heteroatoms. The summed E-state index contributed by atoms with van der Waals surface area (Å²) in [6.07, 6.45) is 1.49. The predicted molar refractivity (Wildman–Crippen MR) is 111 cm³/mol. The molecular weight excluding hydrogens is 354 g/mol. The maximum absolute atomic E-state index is 12.0. The zero-order valence-electron chi connectivity index (χ0n) is 15.7. The predicted octanol–water partition coefficient (Wildman–Crippen LogP) is 3.64. The molecule has 2 N–H and O–H groups in total. The summed E-state index contributed by atoms with van der Waals surface area (Å²) >= 11 is 0. The largest absolute Gasteiger partial charge is 0.493 e. The van der Waals surface area contributed by atoms with Gasteiger partial charge in [-0.25, -0.2) is 5.43 Å². The van der Waals surface area contributed by atoms with Crippen LogP contribution >= 0.6 is 0 Å². The lowest BCUT2D eigenvalue weighted by Crippen LogP contribution is -2.32. The van der Waals surface area contributed by atoms with Gasteiger partial charge in [0.05, 0.1) is 12.8 Å². The number of amides is 2. The van der Waals surface area contributed by atoms with Crippen LogP contribution in [0, 0.1) is 6.92 Å². The third kappa shape index (κ3) is 4.54. The van der Waals surface area contributed by atoms with Crippen molar-refractivity contribution in [1.29, 1.82) is 0 Å². The van der Waals surface area contributed by atoms with Gasteiger partial charge in [0.25, 0.3) is 0 Å². The van der Waals surface area contributed by atoms with Crippen molar-refractivity contribution >= 4 is 34.5 Å². The van der Waals surface area contributed by atoms with Gasteiger partial charge in [-0.2, -0.15) is 5.10 Å². The van der Waals surface area contributed by atoms with Crippen molar-refractivity contribution in [2.24, 2.45) is 5.10 Å². The lowest BCUT2D eigenvalue weighted by atomic mass is 10.0. The molecule has 0 unspecified atom stereocenters. The highest BCUT2D eigenvalue weighted by Crippen LogP contribution is 2.26. The lowest BCUT2D eigenvalue weighted by Gasteiger charge is -2.10. The number of hydrazone groups is 1. The molecule has 0 heterocycles. The smallest absolute Gasteiger partial charge is 0.329 e. The van der Waals surface area contributed by atoms with Gasteiger partial charge in [-0.1, -0.05) is 42.5 Å². The van der Waals surface area contributed by atoms with E-state index in [-0.39, 0.29) is 0 Å². The Morgan fingerprint density at radius 2 is 1.86 bits per heavy atom. The minimum atomic E-state index is -0.851. The third-order valence-electron chi connectivity index (χ3n) is 4.07. The summed E-state index contributed by atoms with van der Waals surface area (Å²) in [5.41, 5.74) is 4.53. The maximum Gasteiger partial charge on any atom is 0.329 e. The van der Waals surface area contributed by atoms with Crippen LogP contribution in [-0.4, -0.2) is 24.6 Å². The fourth-order valence-corrected chi connectivity index (χ4v) is 2.81. The van der Waals surface area contributed by atoms with Crippen LogP contribution in [0.3, 0.4) is 0 Å². The summed E-state index contributed by atoms with van der Waals surface area (Å²) in [6.45, 7) is 4.30. The van der Waals surface area contributed by atoms with Gasteiger partial charge in [-0.3, -0.25) is 9.59 Å². The Morgan fingerprint density at radius 3 is 2.64 bits per heavy atom. The molecule has 0 aliphatic carbocycles. The Bertz CT molecular complexity index is 1040. The number of nitrogens with zero attached hydrogens (tertiary/aromatic N) is 1. The van der Waals surface area contributed by atoms with Crippen molar-refractivity contribution in [1.82, 2.24) is 5.43 Å². The van der Waals surface area contributed by atoms with Gasteiger partial charge in [-0.05, 0) is 48.4 Å². The summed E-state index contributed by atoms with van der Waals surface area (Å²) < 4.78 is 5.66. The van der Waals surface area contributed by atoms with Crippen LogP contribution in [0.1, 0.15) is 18.1 Å². The molecule has 3 rings (SSSR count). The molecule has 0 spiro atoms. The summed E-state index contributed by atoms with van der Waals surface area (Å²) in [6, 6.07) is 18.8. The van der Waals surface area contributed by atoms with E-state index in [9.17, 15) is 9.59 Å². The standard InChI is InChI=1S/C22H21N3O3/c1-3-28-20-12-11-16-8-4-5-10-18(16)19(20)14-23-25-22(27)21(26)24-17-9-6-7-15(2)13-17/h4-14H,3H2,1-2H3,(H,24,26)(H,25,27)/b23-14-. The van der Waals surface area contributed by atoms with Crippen LogP contribution in [0.2, 0.25) is 0 Å². The molecule has 0 atom stereocenters. The van der Waals surface area contributed by atoms with Crippen molar-refractivity contribution in [3.05, 3.63) is 71.8 Å². The van der Waals surface area contributed by atoms with Crippen LogP contribution in [-0.2, 0) is 9.59 Å².